The van der Waals surface area contributed by atoms with E-state index in [9.17, 15) is 4.79 Å². The topological polar surface area (TPSA) is 48.0 Å². The van der Waals surface area contributed by atoms with Gasteiger partial charge in [-0.3, -0.25) is 9.69 Å². The van der Waals surface area contributed by atoms with Crippen LogP contribution < -0.4 is 4.74 Å². The maximum Gasteiger partial charge on any atom is 0.307 e. The van der Waals surface area contributed by atoms with Crippen molar-refractivity contribution in [3.05, 3.63) is 29.3 Å². The largest absolute Gasteiger partial charge is 0.497 e. The molecular weight excluding hydrogens is 390 g/mol. The van der Waals surface area contributed by atoms with Crippen LogP contribution in [0, 0.1) is 17.3 Å². The second-order valence-corrected chi connectivity index (χ2v) is 10.3. The Morgan fingerprint density at radius 1 is 1.19 bits per heavy atom. The third-order valence-corrected chi connectivity index (χ3v) is 8.86. The van der Waals surface area contributed by atoms with E-state index in [0.29, 0.717) is 18.3 Å². The Morgan fingerprint density at radius 3 is 2.84 bits per heavy atom. The van der Waals surface area contributed by atoms with Gasteiger partial charge in [0.15, 0.2) is 0 Å². The van der Waals surface area contributed by atoms with Gasteiger partial charge < -0.3 is 14.2 Å². The average molecular weight is 428 g/mol. The molecular formula is C26H37NO4. The third kappa shape index (κ3) is 4.00. The molecule has 5 heteroatoms. The second-order valence-electron chi connectivity index (χ2n) is 10.3. The summed E-state index contributed by atoms with van der Waals surface area (Å²) in [7, 11) is 1.75. The first kappa shape index (κ1) is 21.3. The Hall–Kier alpha value is -1.59. The summed E-state index contributed by atoms with van der Waals surface area (Å²) in [6.07, 6.45) is 7.58. The molecule has 1 aliphatic heterocycles. The summed E-state index contributed by atoms with van der Waals surface area (Å²) < 4.78 is 17.0. The minimum Gasteiger partial charge on any atom is -0.497 e. The smallest absolute Gasteiger partial charge is 0.307 e. The number of ether oxygens (including phenoxy) is 3. The van der Waals surface area contributed by atoms with Crippen LogP contribution in [0.2, 0.25) is 0 Å². The maximum absolute atomic E-state index is 12.7. The van der Waals surface area contributed by atoms with Crippen molar-refractivity contribution in [3.63, 3.8) is 0 Å². The highest BCUT2D eigenvalue weighted by molar-refractivity contribution is 5.70. The van der Waals surface area contributed by atoms with Gasteiger partial charge in [0, 0.05) is 25.0 Å². The SMILES string of the molecule is COc1ccc2c(c1)CC[C@H]1[C@H]3CC[C@H](OC(=O)CCN4CCOCC4)[C@@]3(C)CC[C@@H]21. The molecule has 1 aromatic carbocycles. The quantitative estimate of drug-likeness (QED) is 0.660. The number of hydrogen-bond donors (Lipinski definition) is 0. The van der Waals surface area contributed by atoms with Crippen LogP contribution in [0.3, 0.4) is 0 Å². The van der Waals surface area contributed by atoms with Crippen LogP contribution in [0.15, 0.2) is 18.2 Å². The van der Waals surface area contributed by atoms with Gasteiger partial charge in [-0.05, 0) is 79.5 Å². The number of esters is 1. The van der Waals surface area contributed by atoms with Crippen molar-refractivity contribution in [1.29, 1.82) is 0 Å². The van der Waals surface area contributed by atoms with Gasteiger partial charge in [0.1, 0.15) is 11.9 Å². The molecule has 0 N–H and O–H groups in total. The molecule has 170 valence electrons. The predicted molar refractivity (Wildman–Crippen MR) is 119 cm³/mol. The van der Waals surface area contributed by atoms with Crippen LogP contribution in [-0.2, 0) is 20.7 Å². The molecule has 0 radical (unpaired) electrons. The molecule has 5 atom stereocenters. The van der Waals surface area contributed by atoms with E-state index in [1.807, 2.05) is 0 Å². The van der Waals surface area contributed by atoms with Crippen molar-refractivity contribution in [1.82, 2.24) is 4.90 Å². The highest BCUT2D eigenvalue weighted by atomic mass is 16.5. The number of fused-ring (bicyclic) bond motifs is 5. The summed E-state index contributed by atoms with van der Waals surface area (Å²) in [5.41, 5.74) is 3.16. The number of nitrogens with zero attached hydrogens (tertiary/aromatic N) is 1. The van der Waals surface area contributed by atoms with Crippen molar-refractivity contribution < 1.29 is 19.0 Å². The molecule has 4 aliphatic rings. The van der Waals surface area contributed by atoms with E-state index in [1.165, 1.54) is 24.8 Å². The van der Waals surface area contributed by atoms with Crippen molar-refractivity contribution in [2.24, 2.45) is 17.3 Å². The standard InChI is InChI=1S/C26H37NO4/c1-26-11-9-21-20-6-4-19(29-2)17-18(20)3-5-22(21)23(26)7-8-24(26)31-25(28)10-12-27-13-15-30-16-14-27/h4,6,17,21-24H,3,5,7-16H2,1-2H3/t21-,22+,23+,24-,26-/m0/s1. The van der Waals surface area contributed by atoms with E-state index in [2.05, 4.69) is 30.0 Å². The number of rotatable bonds is 5. The minimum atomic E-state index is -0.0124. The van der Waals surface area contributed by atoms with Crippen molar-refractivity contribution in [2.75, 3.05) is 40.0 Å². The lowest BCUT2D eigenvalue weighted by Crippen LogP contribution is -2.45. The highest BCUT2D eigenvalue weighted by Crippen LogP contribution is 2.61. The Bertz CT molecular complexity index is 805. The first-order valence-electron chi connectivity index (χ1n) is 12.2. The lowest BCUT2D eigenvalue weighted by Gasteiger charge is -2.50. The van der Waals surface area contributed by atoms with Gasteiger partial charge in [-0.15, -0.1) is 0 Å². The van der Waals surface area contributed by atoms with E-state index in [0.717, 1.165) is 63.8 Å². The fourth-order valence-corrected chi connectivity index (χ4v) is 7.12. The molecule has 0 aromatic heterocycles. The van der Waals surface area contributed by atoms with Gasteiger partial charge in [-0.1, -0.05) is 13.0 Å². The molecule has 5 rings (SSSR count). The van der Waals surface area contributed by atoms with Crippen molar-refractivity contribution >= 4 is 5.97 Å². The first-order chi connectivity index (χ1) is 15.1. The zero-order chi connectivity index (χ0) is 21.4. The first-order valence-corrected chi connectivity index (χ1v) is 12.2. The van der Waals surface area contributed by atoms with E-state index in [1.54, 1.807) is 12.7 Å². The summed E-state index contributed by atoms with van der Waals surface area (Å²) in [6, 6.07) is 6.68. The van der Waals surface area contributed by atoms with Gasteiger partial charge in [0.2, 0.25) is 0 Å². The van der Waals surface area contributed by atoms with E-state index >= 15 is 0 Å². The van der Waals surface area contributed by atoms with Crippen molar-refractivity contribution in [2.45, 2.75) is 63.9 Å². The molecule has 1 aromatic rings. The fraction of sp³-hybridized carbons (Fsp3) is 0.731. The van der Waals surface area contributed by atoms with Crippen LogP contribution >= 0.6 is 0 Å². The van der Waals surface area contributed by atoms with E-state index in [4.69, 9.17) is 14.2 Å². The molecule has 3 aliphatic carbocycles. The summed E-state index contributed by atoms with van der Waals surface area (Å²) in [5, 5.41) is 0. The molecule has 0 bridgehead atoms. The van der Waals surface area contributed by atoms with Gasteiger partial charge in [0.25, 0.3) is 0 Å². The van der Waals surface area contributed by atoms with E-state index in [-0.39, 0.29) is 17.5 Å². The van der Waals surface area contributed by atoms with E-state index < -0.39 is 0 Å². The monoisotopic (exact) mass is 427 g/mol. The van der Waals surface area contributed by atoms with Gasteiger partial charge in [-0.25, -0.2) is 0 Å². The lowest BCUT2D eigenvalue weighted by atomic mass is 9.55. The van der Waals surface area contributed by atoms with Crippen molar-refractivity contribution in [3.8, 4) is 5.75 Å². The second kappa shape index (κ2) is 8.74. The van der Waals surface area contributed by atoms with Gasteiger partial charge in [-0.2, -0.15) is 0 Å². The predicted octanol–water partition coefficient (Wildman–Crippen LogP) is 4.19. The molecule has 5 nitrogen and oxygen atoms in total. The maximum atomic E-state index is 12.7. The number of methoxy groups -OCH3 is 1. The van der Waals surface area contributed by atoms with Gasteiger partial charge in [0.05, 0.1) is 26.7 Å². The molecule has 0 unspecified atom stereocenters. The Balaban J connectivity index is 1.23. The normalized spacial score (nSPS) is 35.0. The summed E-state index contributed by atoms with van der Waals surface area (Å²) in [6.45, 7) is 6.59. The number of morpholine rings is 1. The molecule has 3 fully saturated rings. The molecule has 31 heavy (non-hydrogen) atoms. The molecule has 0 amide bonds. The molecule has 2 saturated carbocycles. The number of carbonyl (C=O) groups excluding carboxylic acids is 1. The molecule has 1 heterocycles. The van der Waals surface area contributed by atoms with Crippen LogP contribution in [0.5, 0.6) is 5.75 Å². The highest BCUT2D eigenvalue weighted by Gasteiger charge is 2.56. The number of hydrogen-bond acceptors (Lipinski definition) is 5. The fourth-order valence-electron chi connectivity index (χ4n) is 7.12. The summed E-state index contributed by atoms with van der Waals surface area (Å²) in [5.74, 6) is 3.00. The number of benzene rings is 1. The lowest BCUT2D eigenvalue weighted by molar-refractivity contribution is -0.158. The minimum absolute atomic E-state index is 0.0124. The van der Waals surface area contributed by atoms with Crippen LogP contribution in [0.1, 0.15) is 62.5 Å². The molecule has 0 spiro atoms. The number of aryl methyl sites for hydroxylation is 1. The Kier molecular flexibility index (Phi) is 6.00. The average Bonchev–Trinajstić information content (AvgIpc) is 3.13. The Morgan fingerprint density at radius 2 is 2.03 bits per heavy atom. The molecule has 1 saturated heterocycles. The zero-order valence-corrected chi connectivity index (χ0v) is 19.1. The van der Waals surface area contributed by atoms with Crippen LogP contribution in [-0.4, -0.2) is 56.9 Å². The van der Waals surface area contributed by atoms with Crippen LogP contribution in [0.25, 0.3) is 0 Å². The summed E-state index contributed by atoms with van der Waals surface area (Å²) >= 11 is 0. The number of carbonyl (C=O) groups is 1. The Labute approximate surface area is 186 Å². The van der Waals surface area contributed by atoms with Crippen LogP contribution in [0.4, 0.5) is 0 Å². The van der Waals surface area contributed by atoms with Gasteiger partial charge >= 0.3 is 5.97 Å². The zero-order valence-electron chi connectivity index (χ0n) is 19.1. The summed E-state index contributed by atoms with van der Waals surface area (Å²) in [4.78, 5) is 15.0. The third-order valence-electron chi connectivity index (χ3n) is 8.86.